The zero-order valence-corrected chi connectivity index (χ0v) is 16.2. The minimum atomic E-state index is 0.0957. The molecule has 1 aromatic rings. The standard InChI is InChI=1S/C16H23ClN4OS2/c1-18-15(22)12-20-7-9-21(10-8-20)16(23)19-6-11-24-14-4-2-13(17)3-5-14/h2-5H,6-12H2,1H3,(H,18,22)(H,19,23)/p+1. The number of carbonyl (C=O) groups excluding carboxylic acids is 1. The van der Waals surface area contributed by atoms with Crippen LogP contribution in [0.15, 0.2) is 29.2 Å². The smallest absolute Gasteiger partial charge is 0.274 e. The van der Waals surface area contributed by atoms with Crippen LogP contribution < -0.4 is 15.5 Å². The molecule has 24 heavy (non-hydrogen) atoms. The summed E-state index contributed by atoms with van der Waals surface area (Å²) in [5, 5.41) is 7.57. The van der Waals surface area contributed by atoms with Gasteiger partial charge in [-0.3, -0.25) is 4.79 Å². The molecule has 1 fully saturated rings. The summed E-state index contributed by atoms with van der Waals surface area (Å²) >= 11 is 13.1. The molecule has 1 aliphatic rings. The zero-order chi connectivity index (χ0) is 17.4. The van der Waals surface area contributed by atoms with Crippen LogP contribution in [0.25, 0.3) is 0 Å². The molecule has 1 aliphatic heterocycles. The number of halogens is 1. The lowest BCUT2D eigenvalue weighted by molar-refractivity contribution is -0.895. The summed E-state index contributed by atoms with van der Waals surface area (Å²) in [6.45, 7) is 5.04. The maximum absolute atomic E-state index is 11.4. The SMILES string of the molecule is CNC(=O)C[NH+]1CCN(C(=S)NCCSc2ccc(Cl)cc2)CC1. The molecule has 0 spiro atoms. The second-order valence-corrected chi connectivity index (χ2v) is 7.61. The maximum Gasteiger partial charge on any atom is 0.274 e. The van der Waals surface area contributed by atoms with Crippen LogP contribution in [-0.4, -0.2) is 68.0 Å². The monoisotopic (exact) mass is 387 g/mol. The number of rotatable bonds is 6. The van der Waals surface area contributed by atoms with E-state index in [4.69, 9.17) is 23.8 Å². The Morgan fingerprint density at radius 1 is 1.33 bits per heavy atom. The van der Waals surface area contributed by atoms with Gasteiger partial charge < -0.3 is 20.4 Å². The Morgan fingerprint density at radius 3 is 2.62 bits per heavy atom. The molecule has 0 saturated carbocycles. The second kappa shape index (κ2) is 10.1. The summed E-state index contributed by atoms with van der Waals surface area (Å²) in [7, 11) is 1.68. The topological polar surface area (TPSA) is 48.8 Å². The molecule has 0 unspecified atom stereocenters. The molecular formula is C16H24ClN4OS2+. The van der Waals surface area contributed by atoms with Gasteiger partial charge in [-0.2, -0.15) is 0 Å². The van der Waals surface area contributed by atoms with Gasteiger partial charge in [-0.05, 0) is 36.5 Å². The molecule has 5 nitrogen and oxygen atoms in total. The molecule has 0 radical (unpaired) electrons. The van der Waals surface area contributed by atoms with Crippen LogP contribution in [0.5, 0.6) is 0 Å². The van der Waals surface area contributed by atoms with Crippen LogP contribution in [0, 0.1) is 0 Å². The van der Waals surface area contributed by atoms with Crippen molar-refractivity contribution >= 4 is 46.6 Å². The Labute approximate surface area is 158 Å². The van der Waals surface area contributed by atoms with Gasteiger partial charge in [0.05, 0.1) is 26.2 Å². The van der Waals surface area contributed by atoms with Crippen LogP contribution in [-0.2, 0) is 4.79 Å². The normalized spacial score (nSPS) is 15.2. The van der Waals surface area contributed by atoms with E-state index in [1.165, 1.54) is 9.80 Å². The van der Waals surface area contributed by atoms with Gasteiger partial charge >= 0.3 is 0 Å². The minimum absolute atomic E-state index is 0.0957. The first-order valence-corrected chi connectivity index (χ1v) is 9.81. The molecule has 8 heteroatoms. The summed E-state index contributed by atoms with van der Waals surface area (Å²) in [5.74, 6) is 1.04. The predicted molar refractivity (Wildman–Crippen MR) is 104 cm³/mol. The fourth-order valence-corrected chi connectivity index (χ4v) is 3.67. The molecule has 0 aromatic heterocycles. The van der Waals surface area contributed by atoms with Crippen molar-refractivity contribution in [3.8, 4) is 0 Å². The van der Waals surface area contributed by atoms with E-state index >= 15 is 0 Å². The molecule has 0 bridgehead atoms. The fourth-order valence-electron chi connectivity index (χ4n) is 2.49. The van der Waals surface area contributed by atoms with Gasteiger partial charge in [-0.15, -0.1) is 11.8 Å². The van der Waals surface area contributed by atoms with Crippen LogP contribution in [0.1, 0.15) is 0 Å². The summed E-state index contributed by atoms with van der Waals surface area (Å²) in [4.78, 5) is 16.1. The number of carbonyl (C=O) groups is 1. The number of benzene rings is 1. The van der Waals surface area contributed by atoms with Crippen molar-refractivity contribution < 1.29 is 9.69 Å². The number of piperazine rings is 1. The minimum Gasteiger partial charge on any atom is -0.362 e. The largest absolute Gasteiger partial charge is 0.362 e. The number of nitrogens with one attached hydrogen (secondary N) is 3. The van der Waals surface area contributed by atoms with Crippen molar-refractivity contribution in [1.82, 2.24) is 15.5 Å². The van der Waals surface area contributed by atoms with Gasteiger partial charge in [0.25, 0.3) is 5.91 Å². The molecule has 2 rings (SSSR count). The van der Waals surface area contributed by atoms with E-state index in [2.05, 4.69) is 15.5 Å². The third-order valence-corrected chi connectivity index (χ3v) is 5.58. The van der Waals surface area contributed by atoms with Crippen molar-refractivity contribution in [2.75, 3.05) is 52.1 Å². The van der Waals surface area contributed by atoms with Crippen LogP contribution in [0.3, 0.4) is 0 Å². The average Bonchev–Trinajstić information content (AvgIpc) is 2.60. The van der Waals surface area contributed by atoms with Gasteiger partial charge in [0.15, 0.2) is 11.7 Å². The molecule has 1 amide bonds. The average molecular weight is 388 g/mol. The number of amides is 1. The molecule has 1 saturated heterocycles. The van der Waals surface area contributed by atoms with Gasteiger partial charge in [0.2, 0.25) is 0 Å². The van der Waals surface area contributed by atoms with Gasteiger partial charge in [-0.1, -0.05) is 11.6 Å². The van der Waals surface area contributed by atoms with Gasteiger partial charge in [-0.25, -0.2) is 0 Å². The Kier molecular flexibility index (Phi) is 8.11. The third-order valence-electron chi connectivity index (χ3n) is 3.91. The third kappa shape index (κ3) is 6.47. The molecule has 3 N–H and O–H groups in total. The molecule has 1 aromatic carbocycles. The maximum atomic E-state index is 11.4. The Morgan fingerprint density at radius 2 is 2.00 bits per heavy atom. The number of nitrogens with zero attached hydrogens (tertiary/aromatic N) is 1. The van der Waals surface area contributed by atoms with E-state index in [0.717, 1.165) is 48.6 Å². The van der Waals surface area contributed by atoms with Crippen LogP contribution >= 0.6 is 35.6 Å². The first-order valence-electron chi connectivity index (χ1n) is 8.04. The first kappa shape index (κ1) is 19.3. The van der Waals surface area contributed by atoms with Crippen molar-refractivity contribution in [1.29, 1.82) is 0 Å². The highest BCUT2D eigenvalue weighted by atomic mass is 35.5. The molecule has 1 heterocycles. The highest BCUT2D eigenvalue weighted by Gasteiger charge is 2.22. The Balaban J connectivity index is 1.61. The first-order chi connectivity index (χ1) is 11.6. The molecule has 0 atom stereocenters. The number of thiocarbonyl (C=S) groups is 1. The van der Waals surface area contributed by atoms with E-state index in [1.54, 1.807) is 18.8 Å². The van der Waals surface area contributed by atoms with Crippen molar-refractivity contribution in [3.05, 3.63) is 29.3 Å². The lowest BCUT2D eigenvalue weighted by Crippen LogP contribution is -3.15. The van der Waals surface area contributed by atoms with Crippen LogP contribution in [0.2, 0.25) is 5.02 Å². The highest BCUT2D eigenvalue weighted by molar-refractivity contribution is 7.99. The summed E-state index contributed by atoms with van der Waals surface area (Å²) < 4.78 is 0. The number of hydrogen-bond acceptors (Lipinski definition) is 3. The van der Waals surface area contributed by atoms with Crippen molar-refractivity contribution in [2.45, 2.75) is 4.90 Å². The number of quaternary nitrogens is 1. The van der Waals surface area contributed by atoms with Gasteiger partial charge in [0, 0.05) is 29.3 Å². The van der Waals surface area contributed by atoms with Gasteiger partial charge in [0.1, 0.15) is 0 Å². The Bertz CT molecular complexity index is 548. The second-order valence-electron chi connectivity index (χ2n) is 5.62. The summed E-state index contributed by atoms with van der Waals surface area (Å²) in [5.41, 5.74) is 0. The summed E-state index contributed by atoms with van der Waals surface area (Å²) in [6, 6.07) is 7.87. The van der Waals surface area contributed by atoms with Crippen molar-refractivity contribution in [3.63, 3.8) is 0 Å². The van der Waals surface area contributed by atoms with E-state index in [-0.39, 0.29) is 5.91 Å². The number of likely N-dealkylation sites (N-methyl/N-ethyl adjacent to an activating group) is 1. The van der Waals surface area contributed by atoms with Crippen molar-refractivity contribution in [2.24, 2.45) is 0 Å². The number of thioether (sulfide) groups is 1. The molecule has 0 aliphatic carbocycles. The quantitative estimate of drug-likeness (QED) is 0.371. The van der Waals surface area contributed by atoms with E-state index in [9.17, 15) is 4.79 Å². The fraction of sp³-hybridized carbons (Fsp3) is 0.500. The Hall–Kier alpha value is -1.02. The summed E-state index contributed by atoms with van der Waals surface area (Å²) in [6.07, 6.45) is 0. The lowest BCUT2D eigenvalue weighted by atomic mass is 10.3. The van der Waals surface area contributed by atoms with E-state index in [0.29, 0.717) is 6.54 Å². The highest BCUT2D eigenvalue weighted by Crippen LogP contribution is 2.19. The molecular weight excluding hydrogens is 364 g/mol. The van der Waals surface area contributed by atoms with E-state index < -0.39 is 0 Å². The molecule has 132 valence electrons. The number of hydrogen-bond donors (Lipinski definition) is 3. The van der Waals surface area contributed by atoms with Crippen LogP contribution in [0.4, 0.5) is 0 Å². The van der Waals surface area contributed by atoms with E-state index in [1.807, 2.05) is 24.3 Å². The lowest BCUT2D eigenvalue weighted by Gasteiger charge is -2.33. The predicted octanol–water partition coefficient (Wildman–Crippen LogP) is 0.253. The zero-order valence-electron chi connectivity index (χ0n) is 13.8.